The Morgan fingerprint density at radius 3 is 1.66 bits per heavy atom. The summed E-state index contributed by atoms with van der Waals surface area (Å²) in [5, 5.41) is 9.78. The van der Waals surface area contributed by atoms with E-state index in [1.807, 2.05) is 12.1 Å². The predicted octanol–water partition coefficient (Wildman–Crippen LogP) is 17.5. The number of hydrogen-bond donors (Lipinski definition) is 0. The van der Waals surface area contributed by atoms with Crippen molar-refractivity contribution in [2.24, 2.45) is 0 Å². The standard InChI is InChI=1S/C62H40N2O/c1-2-19-50-41(14-1)30-31-46-38-44(34-37-51(46)50)43-15-11-17-48(39-43)63(47-35-32-42(33-36-47)53-24-13-25-57-56-23-6-10-29-61(56)65-62(53)57)49-18-12-16-45(40-49)52-20-3-7-26-58(52)64-59-27-8-4-21-54(59)55-22-5-9-28-60(55)64/h1-40H. The highest BCUT2D eigenvalue weighted by Crippen LogP contribution is 2.43. The third-order valence-electron chi connectivity index (χ3n) is 13.2. The first-order valence-corrected chi connectivity index (χ1v) is 22.2. The summed E-state index contributed by atoms with van der Waals surface area (Å²) in [5.41, 5.74) is 15.3. The molecule has 0 aliphatic rings. The highest BCUT2D eigenvalue weighted by molar-refractivity contribution is 6.11. The number of rotatable bonds is 7. The largest absolute Gasteiger partial charge is 0.455 e. The van der Waals surface area contributed by atoms with Crippen LogP contribution in [0.25, 0.3) is 104 Å². The molecule has 0 N–H and O–H groups in total. The number of nitrogens with zero attached hydrogens (tertiary/aromatic N) is 2. The molecule has 0 unspecified atom stereocenters. The fourth-order valence-electron chi connectivity index (χ4n) is 10.1. The summed E-state index contributed by atoms with van der Waals surface area (Å²) >= 11 is 0. The molecular formula is C62H40N2O. The average molecular weight is 829 g/mol. The van der Waals surface area contributed by atoms with E-state index in [0.717, 1.165) is 72.5 Å². The number of para-hydroxylation sites is 5. The summed E-state index contributed by atoms with van der Waals surface area (Å²) in [6.07, 6.45) is 0. The van der Waals surface area contributed by atoms with Crippen molar-refractivity contribution in [3.8, 4) is 39.1 Å². The number of fused-ring (bicyclic) bond motifs is 9. The van der Waals surface area contributed by atoms with Gasteiger partial charge in [-0.15, -0.1) is 0 Å². The molecule has 65 heavy (non-hydrogen) atoms. The van der Waals surface area contributed by atoms with Crippen molar-refractivity contribution in [3.63, 3.8) is 0 Å². The maximum atomic E-state index is 6.48. The second-order valence-corrected chi connectivity index (χ2v) is 16.9. The van der Waals surface area contributed by atoms with Crippen molar-refractivity contribution >= 4 is 82.4 Å². The van der Waals surface area contributed by atoms with E-state index >= 15 is 0 Å². The van der Waals surface area contributed by atoms with E-state index in [-0.39, 0.29) is 0 Å². The summed E-state index contributed by atoms with van der Waals surface area (Å²) in [7, 11) is 0. The van der Waals surface area contributed by atoms with Gasteiger partial charge in [-0.25, -0.2) is 0 Å². The summed E-state index contributed by atoms with van der Waals surface area (Å²) < 4.78 is 8.90. The molecule has 304 valence electrons. The van der Waals surface area contributed by atoms with E-state index < -0.39 is 0 Å². The van der Waals surface area contributed by atoms with Crippen LogP contribution in [-0.4, -0.2) is 4.57 Å². The Morgan fingerprint density at radius 1 is 0.308 bits per heavy atom. The van der Waals surface area contributed by atoms with Crippen LogP contribution in [0.5, 0.6) is 0 Å². The van der Waals surface area contributed by atoms with Crippen LogP contribution < -0.4 is 4.90 Å². The molecule has 11 aromatic carbocycles. The van der Waals surface area contributed by atoms with Crippen LogP contribution in [-0.2, 0) is 0 Å². The lowest BCUT2D eigenvalue weighted by atomic mass is 9.97. The predicted molar refractivity (Wildman–Crippen MR) is 274 cm³/mol. The van der Waals surface area contributed by atoms with Crippen molar-refractivity contribution in [2.75, 3.05) is 4.90 Å². The lowest BCUT2D eigenvalue weighted by molar-refractivity contribution is 0.670. The Morgan fingerprint density at radius 2 is 0.862 bits per heavy atom. The van der Waals surface area contributed by atoms with Crippen molar-refractivity contribution < 1.29 is 4.42 Å². The number of aromatic nitrogens is 1. The fraction of sp³-hybridized carbons (Fsp3) is 0. The van der Waals surface area contributed by atoms with Crippen LogP contribution in [0.4, 0.5) is 17.1 Å². The van der Waals surface area contributed by atoms with E-state index in [1.165, 1.54) is 48.9 Å². The van der Waals surface area contributed by atoms with Crippen molar-refractivity contribution in [2.45, 2.75) is 0 Å². The van der Waals surface area contributed by atoms with Gasteiger partial charge < -0.3 is 13.9 Å². The summed E-state index contributed by atoms with van der Waals surface area (Å²) in [6.45, 7) is 0. The molecule has 2 aromatic heterocycles. The van der Waals surface area contributed by atoms with Gasteiger partial charge in [-0.2, -0.15) is 0 Å². The maximum absolute atomic E-state index is 6.48. The summed E-state index contributed by atoms with van der Waals surface area (Å²) in [4.78, 5) is 2.39. The molecular weight excluding hydrogens is 789 g/mol. The van der Waals surface area contributed by atoms with Gasteiger partial charge >= 0.3 is 0 Å². The minimum Gasteiger partial charge on any atom is -0.455 e. The molecule has 0 bridgehead atoms. The van der Waals surface area contributed by atoms with E-state index in [1.54, 1.807) is 0 Å². The molecule has 0 saturated heterocycles. The van der Waals surface area contributed by atoms with E-state index in [0.29, 0.717) is 0 Å². The van der Waals surface area contributed by atoms with Crippen LogP contribution in [0.2, 0.25) is 0 Å². The Balaban J connectivity index is 0.959. The molecule has 0 aliphatic heterocycles. The number of anilines is 3. The maximum Gasteiger partial charge on any atom is 0.143 e. The smallest absolute Gasteiger partial charge is 0.143 e. The molecule has 13 aromatic rings. The molecule has 2 heterocycles. The van der Waals surface area contributed by atoms with Gasteiger partial charge in [0.2, 0.25) is 0 Å². The minimum atomic E-state index is 0.900. The molecule has 3 nitrogen and oxygen atoms in total. The van der Waals surface area contributed by atoms with Gasteiger partial charge in [-0.1, -0.05) is 176 Å². The summed E-state index contributed by atoms with van der Waals surface area (Å²) in [5.74, 6) is 0. The van der Waals surface area contributed by atoms with Gasteiger partial charge in [-0.3, -0.25) is 0 Å². The highest BCUT2D eigenvalue weighted by atomic mass is 16.3. The monoisotopic (exact) mass is 828 g/mol. The fourth-order valence-corrected chi connectivity index (χ4v) is 10.1. The average Bonchev–Trinajstić information content (AvgIpc) is 3.93. The van der Waals surface area contributed by atoms with E-state index in [2.05, 4.69) is 240 Å². The Hall–Kier alpha value is -8.66. The van der Waals surface area contributed by atoms with Crippen LogP contribution in [0, 0.1) is 0 Å². The van der Waals surface area contributed by atoms with Crippen molar-refractivity contribution in [1.29, 1.82) is 0 Å². The zero-order valence-electron chi connectivity index (χ0n) is 35.4. The van der Waals surface area contributed by atoms with Gasteiger partial charge in [0.05, 0.1) is 16.7 Å². The molecule has 13 rings (SSSR count). The minimum absolute atomic E-state index is 0.900. The van der Waals surface area contributed by atoms with E-state index in [9.17, 15) is 0 Å². The lowest BCUT2D eigenvalue weighted by Gasteiger charge is -2.27. The van der Waals surface area contributed by atoms with Gasteiger partial charge in [0.15, 0.2) is 0 Å². The zero-order valence-corrected chi connectivity index (χ0v) is 35.4. The van der Waals surface area contributed by atoms with Crippen molar-refractivity contribution in [1.82, 2.24) is 4.57 Å². The molecule has 0 radical (unpaired) electrons. The summed E-state index contributed by atoms with van der Waals surface area (Å²) in [6, 6.07) is 87.8. The Kier molecular flexibility index (Phi) is 8.53. The molecule has 0 saturated carbocycles. The lowest BCUT2D eigenvalue weighted by Crippen LogP contribution is -2.10. The molecule has 3 heteroatoms. The van der Waals surface area contributed by atoms with Gasteiger partial charge in [0.1, 0.15) is 11.2 Å². The SMILES string of the molecule is c1cc(-c2ccc3c(ccc4ccccc43)c2)cc(N(c2ccc(-c3cccc4c3oc3ccccc34)cc2)c2cccc(-c3ccccc3-n3c4ccccc4c4ccccc43)c2)c1. The van der Waals surface area contributed by atoms with Gasteiger partial charge in [-0.05, 0) is 111 Å². The molecule has 0 aliphatic carbocycles. The van der Waals surface area contributed by atoms with Gasteiger partial charge in [0, 0.05) is 49.7 Å². The van der Waals surface area contributed by atoms with Crippen LogP contribution in [0.15, 0.2) is 247 Å². The third-order valence-corrected chi connectivity index (χ3v) is 13.2. The Labute approximate surface area is 376 Å². The van der Waals surface area contributed by atoms with Crippen molar-refractivity contribution in [3.05, 3.63) is 243 Å². The normalized spacial score (nSPS) is 11.7. The number of furan rings is 1. The van der Waals surface area contributed by atoms with Crippen LogP contribution >= 0.6 is 0 Å². The molecule has 0 atom stereocenters. The van der Waals surface area contributed by atoms with Gasteiger partial charge in [0.25, 0.3) is 0 Å². The molecule has 0 spiro atoms. The molecule has 0 fully saturated rings. The highest BCUT2D eigenvalue weighted by Gasteiger charge is 2.19. The first kappa shape index (κ1) is 36.9. The van der Waals surface area contributed by atoms with E-state index in [4.69, 9.17) is 4.42 Å². The second-order valence-electron chi connectivity index (χ2n) is 16.9. The Bertz CT molecular complexity index is 3910. The topological polar surface area (TPSA) is 21.3 Å². The van der Waals surface area contributed by atoms with Crippen LogP contribution in [0.3, 0.4) is 0 Å². The first-order valence-electron chi connectivity index (χ1n) is 22.2. The first-order chi connectivity index (χ1) is 32.2. The quantitative estimate of drug-likeness (QED) is 0.149. The number of hydrogen-bond acceptors (Lipinski definition) is 2. The van der Waals surface area contributed by atoms with Crippen LogP contribution in [0.1, 0.15) is 0 Å². The second kappa shape index (κ2) is 15.0. The number of benzene rings is 11. The third kappa shape index (κ3) is 6.12. The molecule has 0 amide bonds. The zero-order chi connectivity index (χ0) is 42.8.